The Balaban J connectivity index is 2.13. The maximum atomic E-state index is 5.77. The number of aromatic nitrogens is 2. The molecule has 1 N–H and O–H groups in total. The van der Waals surface area contributed by atoms with Crippen molar-refractivity contribution < 1.29 is 4.74 Å². The average Bonchev–Trinajstić information content (AvgIpc) is 2.81. The zero-order chi connectivity index (χ0) is 13.0. The lowest BCUT2D eigenvalue weighted by Crippen LogP contribution is -2.04. The van der Waals surface area contributed by atoms with Gasteiger partial charge < -0.3 is 10.1 Å². The topological polar surface area (TPSA) is 39.1 Å². The van der Waals surface area contributed by atoms with E-state index in [0.29, 0.717) is 0 Å². The summed E-state index contributed by atoms with van der Waals surface area (Å²) in [6, 6.07) is 6.05. The van der Waals surface area contributed by atoms with Gasteiger partial charge >= 0.3 is 0 Å². The summed E-state index contributed by atoms with van der Waals surface area (Å²) in [4.78, 5) is 0. The normalized spacial score (nSPS) is 10.6. The summed E-state index contributed by atoms with van der Waals surface area (Å²) in [7, 11) is 1.93. The maximum Gasteiger partial charge on any atom is 0.165 e. The second-order valence-corrected chi connectivity index (χ2v) is 4.78. The van der Waals surface area contributed by atoms with Gasteiger partial charge in [0.1, 0.15) is 5.75 Å². The lowest BCUT2D eigenvalue weighted by atomic mass is 10.2. The van der Waals surface area contributed by atoms with Crippen LogP contribution in [0, 0.1) is 0 Å². The largest absolute Gasteiger partial charge is 0.453 e. The zero-order valence-corrected chi connectivity index (χ0v) is 12.1. The Bertz CT molecular complexity index is 525. The van der Waals surface area contributed by atoms with Crippen molar-refractivity contribution >= 4 is 15.9 Å². The number of halogens is 1. The fourth-order valence-corrected chi connectivity index (χ4v) is 2.15. The highest BCUT2D eigenvalue weighted by Crippen LogP contribution is 2.30. The second-order valence-electron chi connectivity index (χ2n) is 3.93. The molecule has 4 nitrogen and oxygen atoms in total. The zero-order valence-electron chi connectivity index (χ0n) is 10.5. The molecule has 0 aliphatic rings. The molecule has 1 aromatic heterocycles. The van der Waals surface area contributed by atoms with Crippen LogP contribution in [-0.2, 0) is 13.1 Å². The molecule has 0 aliphatic heterocycles. The predicted molar refractivity (Wildman–Crippen MR) is 74.9 cm³/mol. The monoisotopic (exact) mass is 309 g/mol. The Kier molecular flexibility index (Phi) is 4.38. The van der Waals surface area contributed by atoms with Crippen LogP contribution < -0.4 is 10.1 Å². The molecule has 0 unspecified atom stereocenters. The van der Waals surface area contributed by atoms with E-state index in [1.165, 1.54) is 5.56 Å². The van der Waals surface area contributed by atoms with Crippen LogP contribution in [0.15, 0.2) is 35.1 Å². The smallest absolute Gasteiger partial charge is 0.165 e. The molecule has 0 saturated heterocycles. The van der Waals surface area contributed by atoms with Crippen molar-refractivity contribution in [1.82, 2.24) is 15.1 Å². The second kappa shape index (κ2) is 6.02. The van der Waals surface area contributed by atoms with E-state index in [4.69, 9.17) is 4.74 Å². The van der Waals surface area contributed by atoms with Crippen molar-refractivity contribution in [2.24, 2.45) is 0 Å². The van der Waals surface area contributed by atoms with E-state index >= 15 is 0 Å². The summed E-state index contributed by atoms with van der Waals surface area (Å²) in [5.74, 6) is 1.55. The SMILES string of the molecule is CCn1cc(Oc2ccc(CNC)cc2Br)cn1. The van der Waals surface area contributed by atoms with Crippen molar-refractivity contribution in [3.63, 3.8) is 0 Å². The van der Waals surface area contributed by atoms with Crippen LogP contribution in [0.4, 0.5) is 0 Å². The molecule has 0 saturated carbocycles. The Labute approximate surface area is 115 Å². The van der Waals surface area contributed by atoms with Gasteiger partial charge in [-0.25, -0.2) is 0 Å². The van der Waals surface area contributed by atoms with Crippen LogP contribution in [0.5, 0.6) is 11.5 Å². The van der Waals surface area contributed by atoms with Crippen LogP contribution >= 0.6 is 15.9 Å². The summed E-state index contributed by atoms with van der Waals surface area (Å²) in [6.45, 7) is 3.72. The number of hydrogen-bond acceptors (Lipinski definition) is 3. The fourth-order valence-electron chi connectivity index (χ4n) is 1.64. The van der Waals surface area contributed by atoms with Crippen molar-refractivity contribution in [2.75, 3.05) is 7.05 Å². The van der Waals surface area contributed by atoms with E-state index in [1.807, 2.05) is 37.0 Å². The van der Waals surface area contributed by atoms with Crippen LogP contribution in [0.25, 0.3) is 0 Å². The number of nitrogens with one attached hydrogen (secondary N) is 1. The molecule has 0 bridgehead atoms. The molecule has 1 aromatic carbocycles. The first-order valence-corrected chi connectivity index (χ1v) is 6.65. The number of ether oxygens (including phenoxy) is 1. The van der Waals surface area contributed by atoms with Crippen molar-refractivity contribution in [3.05, 3.63) is 40.6 Å². The molecule has 0 spiro atoms. The fraction of sp³-hybridized carbons (Fsp3) is 0.308. The maximum absolute atomic E-state index is 5.77. The molecule has 2 rings (SSSR count). The highest BCUT2D eigenvalue weighted by Gasteiger charge is 2.05. The van der Waals surface area contributed by atoms with Crippen LogP contribution in [0.1, 0.15) is 12.5 Å². The van der Waals surface area contributed by atoms with Gasteiger partial charge in [-0.05, 0) is 47.6 Å². The number of benzene rings is 1. The third-order valence-corrected chi connectivity index (χ3v) is 3.16. The first kappa shape index (κ1) is 13.1. The first-order valence-electron chi connectivity index (χ1n) is 5.86. The lowest BCUT2D eigenvalue weighted by molar-refractivity contribution is 0.478. The van der Waals surface area contributed by atoms with Gasteiger partial charge in [-0.2, -0.15) is 5.10 Å². The highest BCUT2D eigenvalue weighted by atomic mass is 79.9. The van der Waals surface area contributed by atoms with Gasteiger partial charge in [0.25, 0.3) is 0 Å². The Morgan fingerprint density at radius 3 is 2.89 bits per heavy atom. The summed E-state index contributed by atoms with van der Waals surface area (Å²) >= 11 is 3.52. The van der Waals surface area contributed by atoms with Gasteiger partial charge in [0, 0.05) is 13.1 Å². The lowest BCUT2D eigenvalue weighted by Gasteiger charge is -2.07. The molecular weight excluding hydrogens is 294 g/mol. The summed E-state index contributed by atoms with van der Waals surface area (Å²) < 4.78 is 8.55. The van der Waals surface area contributed by atoms with Crippen molar-refractivity contribution in [2.45, 2.75) is 20.0 Å². The third-order valence-electron chi connectivity index (χ3n) is 2.54. The van der Waals surface area contributed by atoms with Gasteiger partial charge in [0.05, 0.1) is 16.9 Å². The molecule has 1 heterocycles. The van der Waals surface area contributed by atoms with Crippen LogP contribution in [0.3, 0.4) is 0 Å². The minimum Gasteiger partial charge on any atom is -0.453 e. The molecule has 0 radical (unpaired) electrons. The molecule has 0 fully saturated rings. The predicted octanol–water partition coefficient (Wildman–Crippen LogP) is 3.18. The molecular formula is C13H16BrN3O. The van der Waals surface area contributed by atoms with E-state index in [2.05, 4.69) is 32.4 Å². The average molecular weight is 310 g/mol. The molecule has 5 heteroatoms. The summed E-state index contributed by atoms with van der Waals surface area (Å²) in [6.07, 6.45) is 3.60. The Morgan fingerprint density at radius 2 is 2.28 bits per heavy atom. The standard InChI is InChI=1S/C13H16BrN3O/c1-3-17-9-11(8-16-17)18-13-5-4-10(7-15-2)6-12(13)14/h4-6,8-9,15H,3,7H2,1-2H3. The molecule has 2 aromatic rings. The summed E-state index contributed by atoms with van der Waals surface area (Å²) in [5.41, 5.74) is 1.21. The quantitative estimate of drug-likeness (QED) is 0.922. The minimum absolute atomic E-state index is 0.749. The van der Waals surface area contributed by atoms with Gasteiger partial charge in [-0.1, -0.05) is 6.07 Å². The van der Waals surface area contributed by atoms with E-state index in [9.17, 15) is 0 Å². The van der Waals surface area contributed by atoms with E-state index in [1.54, 1.807) is 6.20 Å². The first-order chi connectivity index (χ1) is 8.72. The molecule has 0 amide bonds. The minimum atomic E-state index is 0.749. The third kappa shape index (κ3) is 3.11. The van der Waals surface area contributed by atoms with Gasteiger partial charge in [0.15, 0.2) is 5.75 Å². The van der Waals surface area contributed by atoms with E-state index in [-0.39, 0.29) is 0 Å². The van der Waals surface area contributed by atoms with Gasteiger partial charge in [-0.15, -0.1) is 0 Å². The van der Waals surface area contributed by atoms with E-state index in [0.717, 1.165) is 29.1 Å². The van der Waals surface area contributed by atoms with Crippen molar-refractivity contribution in [3.8, 4) is 11.5 Å². The van der Waals surface area contributed by atoms with Crippen LogP contribution in [-0.4, -0.2) is 16.8 Å². The highest BCUT2D eigenvalue weighted by molar-refractivity contribution is 9.10. The Hall–Kier alpha value is -1.33. The van der Waals surface area contributed by atoms with Crippen LogP contribution in [0.2, 0.25) is 0 Å². The molecule has 0 atom stereocenters. The molecule has 96 valence electrons. The molecule has 0 aliphatic carbocycles. The number of hydrogen-bond donors (Lipinski definition) is 1. The number of aryl methyl sites for hydroxylation is 1. The number of rotatable bonds is 5. The number of nitrogens with zero attached hydrogens (tertiary/aromatic N) is 2. The van der Waals surface area contributed by atoms with Crippen molar-refractivity contribution in [1.29, 1.82) is 0 Å². The Morgan fingerprint density at radius 1 is 1.44 bits per heavy atom. The van der Waals surface area contributed by atoms with E-state index < -0.39 is 0 Å². The molecule has 18 heavy (non-hydrogen) atoms. The van der Waals surface area contributed by atoms with Gasteiger partial charge in [-0.3, -0.25) is 4.68 Å². The summed E-state index contributed by atoms with van der Waals surface area (Å²) in [5, 5.41) is 7.29. The van der Waals surface area contributed by atoms with Gasteiger partial charge in [0.2, 0.25) is 0 Å².